The van der Waals surface area contributed by atoms with E-state index in [1.165, 1.54) is 40.9 Å². The van der Waals surface area contributed by atoms with E-state index in [-0.39, 0.29) is 28.9 Å². The lowest BCUT2D eigenvalue weighted by Crippen LogP contribution is -2.27. The zero-order chi connectivity index (χ0) is 17.2. The molecule has 0 bridgehead atoms. The number of aromatic nitrogens is 1. The normalized spacial score (nSPS) is 11.5. The Kier molecular flexibility index (Phi) is 4.86. The van der Waals surface area contributed by atoms with Crippen LogP contribution in [-0.4, -0.2) is 37.9 Å². The van der Waals surface area contributed by atoms with Gasteiger partial charge in [-0.3, -0.25) is 4.79 Å². The number of benzene rings is 1. The Bertz CT molecular complexity index is 830. The lowest BCUT2D eigenvalue weighted by Gasteiger charge is -2.17. The molecule has 0 unspecified atom stereocenters. The summed E-state index contributed by atoms with van der Waals surface area (Å²) in [7, 11) is 0.862. The van der Waals surface area contributed by atoms with Crippen molar-refractivity contribution >= 4 is 15.9 Å². The quantitative estimate of drug-likeness (QED) is 0.894. The molecule has 0 fully saturated rings. The van der Waals surface area contributed by atoms with Gasteiger partial charge in [0.05, 0.1) is 0 Å². The summed E-state index contributed by atoms with van der Waals surface area (Å²) < 4.78 is 40.4. The van der Waals surface area contributed by atoms with Crippen LogP contribution in [0.3, 0.4) is 0 Å². The Morgan fingerprint density at radius 1 is 1.35 bits per heavy atom. The first-order valence-corrected chi connectivity index (χ1v) is 8.32. The average molecular weight is 339 g/mol. The third-order valence-electron chi connectivity index (χ3n) is 3.43. The van der Waals surface area contributed by atoms with Crippen molar-refractivity contribution in [3.63, 3.8) is 0 Å². The smallest absolute Gasteiger partial charge is 0.270 e. The fourth-order valence-electron chi connectivity index (χ4n) is 2.19. The molecule has 0 aliphatic carbocycles. The van der Waals surface area contributed by atoms with Crippen molar-refractivity contribution in [1.82, 2.24) is 14.2 Å². The lowest BCUT2D eigenvalue weighted by molar-refractivity contribution is 0.0775. The number of halogens is 1. The van der Waals surface area contributed by atoms with Gasteiger partial charge in [0.25, 0.3) is 5.91 Å². The summed E-state index contributed by atoms with van der Waals surface area (Å²) in [5.41, 5.74) is 0.885. The molecule has 1 N–H and O–H groups in total. The van der Waals surface area contributed by atoms with Crippen LogP contribution in [0.1, 0.15) is 16.1 Å². The van der Waals surface area contributed by atoms with Gasteiger partial charge in [-0.05, 0) is 30.8 Å². The molecule has 2 rings (SSSR count). The number of nitrogens with zero attached hydrogens (tertiary/aromatic N) is 2. The molecule has 0 aliphatic heterocycles. The van der Waals surface area contributed by atoms with Gasteiger partial charge in [0.1, 0.15) is 16.4 Å². The van der Waals surface area contributed by atoms with Gasteiger partial charge in [-0.15, -0.1) is 0 Å². The lowest BCUT2D eigenvalue weighted by atomic mass is 10.2. The van der Waals surface area contributed by atoms with Crippen LogP contribution in [0, 0.1) is 5.82 Å². The number of nitrogens with one attached hydrogen (secondary N) is 1. The second-order valence-electron chi connectivity index (χ2n) is 5.17. The van der Waals surface area contributed by atoms with Crippen molar-refractivity contribution in [1.29, 1.82) is 0 Å². The number of amides is 1. The van der Waals surface area contributed by atoms with Crippen LogP contribution < -0.4 is 4.72 Å². The third-order valence-corrected chi connectivity index (χ3v) is 4.81. The van der Waals surface area contributed by atoms with Crippen LogP contribution >= 0.6 is 0 Å². The standard InChI is InChI=1S/C15H18FN3O3S/c1-17-23(21,22)13-8-14(18(2)10-13)15(20)19(3)9-11-5-4-6-12(16)7-11/h4-8,10,17H,9H2,1-3H3. The topological polar surface area (TPSA) is 71.4 Å². The van der Waals surface area contributed by atoms with Crippen LogP contribution in [0.4, 0.5) is 4.39 Å². The number of carbonyl (C=O) groups is 1. The van der Waals surface area contributed by atoms with Crippen molar-refractivity contribution in [3.8, 4) is 0 Å². The Morgan fingerprint density at radius 3 is 2.65 bits per heavy atom. The summed E-state index contributed by atoms with van der Waals surface area (Å²) in [6, 6.07) is 7.29. The minimum Gasteiger partial charge on any atom is -0.345 e. The molecule has 1 heterocycles. The maximum atomic E-state index is 13.2. The van der Waals surface area contributed by atoms with E-state index in [4.69, 9.17) is 0 Å². The maximum absolute atomic E-state index is 13.2. The molecule has 2 aromatic rings. The molecule has 6 nitrogen and oxygen atoms in total. The van der Waals surface area contributed by atoms with E-state index in [2.05, 4.69) is 4.72 Å². The predicted octanol–water partition coefficient (Wildman–Crippen LogP) is 1.34. The van der Waals surface area contributed by atoms with Crippen LogP contribution in [0.2, 0.25) is 0 Å². The molecule has 0 radical (unpaired) electrons. The van der Waals surface area contributed by atoms with E-state index in [0.717, 1.165) is 0 Å². The highest BCUT2D eigenvalue weighted by molar-refractivity contribution is 7.89. The summed E-state index contributed by atoms with van der Waals surface area (Å²) in [6.07, 6.45) is 1.37. The van der Waals surface area contributed by atoms with Gasteiger partial charge < -0.3 is 9.47 Å². The molecule has 0 saturated heterocycles. The van der Waals surface area contributed by atoms with E-state index in [9.17, 15) is 17.6 Å². The molecular weight excluding hydrogens is 321 g/mol. The summed E-state index contributed by atoms with van der Waals surface area (Å²) in [6.45, 7) is 0.218. The molecule has 0 aliphatic rings. The molecule has 1 aromatic carbocycles. The molecule has 0 spiro atoms. The number of hydrogen-bond acceptors (Lipinski definition) is 3. The molecule has 0 atom stereocenters. The molecule has 0 saturated carbocycles. The van der Waals surface area contributed by atoms with Crippen LogP contribution in [0.15, 0.2) is 41.4 Å². The molecule has 1 aromatic heterocycles. The highest BCUT2D eigenvalue weighted by Gasteiger charge is 2.21. The summed E-state index contributed by atoms with van der Waals surface area (Å²) in [5, 5.41) is 0. The molecule has 1 amide bonds. The van der Waals surface area contributed by atoms with E-state index in [1.54, 1.807) is 26.2 Å². The largest absolute Gasteiger partial charge is 0.345 e. The van der Waals surface area contributed by atoms with Gasteiger partial charge >= 0.3 is 0 Å². The van der Waals surface area contributed by atoms with Crippen molar-refractivity contribution in [3.05, 3.63) is 53.6 Å². The van der Waals surface area contributed by atoms with Crippen molar-refractivity contribution < 1.29 is 17.6 Å². The number of hydrogen-bond donors (Lipinski definition) is 1. The van der Waals surface area contributed by atoms with Crippen molar-refractivity contribution in [2.24, 2.45) is 7.05 Å². The van der Waals surface area contributed by atoms with Crippen LogP contribution in [0.25, 0.3) is 0 Å². The van der Waals surface area contributed by atoms with Gasteiger partial charge in [-0.25, -0.2) is 17.5 Å². The minimum absolute atomic E-state index is 0.0185. The van der Waals surface area contributed by atoms with E-state index >= 15 is 0 Å². The number of aryl methyl sites for hydroxylation is 1. The summed E-state index contributed by atoms with van der Waals surface area (Å²) >= 11 is 0. The Hall–Kier alpha value is -2.19. The second kappa shape index (κ2) is 6.51. The maximum Gasteiger partial charge on any atom is 0.270 e. The Balaban J connectivity index is 2.23. The summed E-state index contributed by atoms with van der Waals surface area (Å²) in [5.74, 6) is -0.723. The SMILES string of the molecule is CNS(=O)(=O)c1cc(C(=O)N(C)Cc2cccc(F)c2)n(C)c1. The molecule has 124 valence electrons. The Labute approximate surface area is 134 Å². The van der Waals surface area contributed by atoms with Crippen LogP contribution in [-0.2, 0) is 23.6 Å². The highest BCUT2D eigenvalue weighted by Crippen LogP contribution is 2.16. The molecular formula is C15H18FN3O3S. The van der Waals surface area contributed by atoms with E-state index in [1.807, 2.05) is 0 Å². The third kappa shape index (κ3) is 3.77. The predicted molar refractivity (Wildman–Crippen MR) is 83.9 cm³/mol. The Morgan fingerprint density at radius 2 is 2.04 bits per heavy atom. The average Bonchev–Trinajstić information content (AvgIpc) is 2.89. The van der Waals surface area contributed by atoms with Gasteiger partial charge in [0.15, 0.2) is 0 Å². The van der Waals surface area contributed by atoms with Gasteiger partial charge in [-0.2, -0.15) is 0 Å². The fourth-order valence-corrected chi connectivity index (χ4v) is 2.99. The first-order chi connectivity index (χ1) is 10.7. The van der Waals surface area contributed by atoms with Gasteiger partial charge in [0.2, 0.25) is 10.0 Å². The monoisotopic (exact) mass is 339 g/mol. The number of rotatable bonds is 5. The zero-order valence-corrected chi connectivity index (χ0v) is 13.9. The first-order valence-electron chi connectivity index (χ1n) is 6.84. The summed E-state index contributed by atoms with van der Waals surface area (Å²) in [4.78, 5) is 13.9. The minimum atomic E-state index is -3.61. The second-order valence-corrected chi connectivity index (χ2v) is 7.06. The van der Waals surface area contributed by atoms with Crippen LogP contribution in [0.5, 0.6) is 0 Å². The van der Waals surface area contributed by atoms with Gasteiger partial charge in [0, 0.05) is 26.8 Å². The van der Waals surface area contributed by atoms with Crippen molar-refractivity contribution in [2.75, 3.05) is 14.1 Å². The van der Waals surface area contributed by atoms with E-state index in [0.29, 0.717) is 5.56 Å². The number of sulfonamides is 1. The van der Waals surface area contributed by atoms with Gasteiger partial charge in [-0.1, -0.05) is 12.1 Å². The number of carbonyl (C=O) groups excluding carboxylic acids is 1. The van der Waals surface area contributed by atoms with Crippen molar-refractivity contribution in [2.45, 2.75) is 11.4 Å². The zero-order valence-electron chi connectivity index (χ0n) is 13.1. The fraction of sp³-hybridized carbons (Fsp3) is 0.267. The molecule has 8 heteroatoms. The molecule has 23 heavy (non-hydrogen) atoms. The van der Waals surface area contributed by atoms with E-state index < -0.39 is 10.0 Å². The first kappa shape index (κ1) is 17.2. The highest BCUT2D eigenvalue weighted by atomic mass is 32.2.